The number of rotatable bonds is 6. The molecule has 0 N–H and O–H groups in total. The van der Waals surface area contributed by atoms with E-state index < -0.39 is 18.4 Å². The minimum Gasteiger partial charge on any atom is -0.481 e. The zero-order valence-electron chi connectivity index (χ0n) is 12.5. The van der Waals surface area contributed by atoms with Crippen LogP contribution in [0.15, 0.2) is 36.7 Å². The third-order valence-electron chi connectivity index (χ3n) is 2.58. The van der Waals surface area contributed by atoms with Crippen LogP contribution >= 0.6 is 0 Å². The van der Waals surface area contributed by atoms with Gasteiger partial charge in [0.05, 0.1) is 14.2 Å². The highest BCUT2D eigenvalue weighted by Crippen LogP contribution is 2.18. The van der Waals surface area contributed by atoms with E-state index in [4.69, 9.17) is 18.9 Å². The van der Waals surface area contributed by atoms with E-state index in [0.717, 1.165) is 0 Å². The zero-order valence-corrected chi connectivity index (χ0v) is 12.5. The lowest BCUT2D eigenvalue weighted by molar-refractivity contribution is -0.144. The van der Waals surface area contributed by atoms with Gasteiger partial charge in [0, 0.05) is 24.5 Å². The highest BCUT2D eigenvalue weighted by Gasteiger charge is 2.15. The molecule has 2 rings (SSSR count). The molecule has 0 unspecified atom stereocenters. The Hall–Kier alpha value is -3.16. The molecule has 0 amide bonds. The predicted octanol–water partition coefficient (Wildman–Crippen LogP) is 1.39. The summed E-state index contributed by atoms with van der Waals surface area (Å²) in [5, 5.41) is 0. The average Bonchev–Trinajstić information content (AvgIpc) is 2.54. The molecule has 2 heterocycles. The van der Waals surface area contributed by atoms with Gasteiger partial charge in [-0.2, -0.15) is 0 Å². The summed E-state index contributed by atoms with van der Waals surface area (Å²) in [6.07, 6.45) is 2.29. The minimum atomic E-state index is -0.760. The second-order valence-corrected chi connectivity index (χ2v) is 4.19. The summed E-state index contributed by atoms with van der Waals surface area (Å²) in [6.45, 7) is 0. The maximum Gasteiger partial charge on any atom is 0.322 e. The van der Waals surface area contributed by atoms with Gasteiger partial charge in [0.1, 0.15) is 17.9 Å². The van der Waals surface area contributed by atoms with Crippen molar-refractivity contribution >= 4 is 11.9 Å². The van der Waals surface area contributed by atoms with Crippen LogP contribution in [0.3, 0.4) is 0 Å². The number of esters is 2. The molecule has 0 aliphatic carbocycles. The molecule has 0 saturated heterocycles. The molecule has 0 saturated carbocycles. The molecule has 2 aromatic heterocycles. The number of hydrogen-bond donors (Lipinski definition) is 0. The van der Waals surface area contributed by atoms with Crippen molar-refractivity contribution in [1.29, 1.82) is 0 Å². The molecule has 8 nitrogen and oxygen atoms in total. The van der Waals surface area contributed by atoms with Crippen LogP contribution < -0.4 is 18.9 Å². The van der Waals surface area contributed by atoms with Gasteiger partial charge in [-0.3, -0.25) is 9.59 Å². The fourth-order valence-corrected chi connectivity index (χ4v) is 1.59. The lowest BCUT2D eigenvalue weighted by Crippen LogP contribution is -2.18. The topological polar surface area (TPSA) is 96.8 Å². The molecule has 0 aliphatic heterocycles. The fraction of sp³-hybridized carbons (Fsp3) is 0.200. The van der Waals surface area contributed by atoms with Gasteiger partial charge in [0.2, 0.25) is 11.8 Å². The third kappa shape index (κ3) is 4.95. The molecule has 8 heteroatoms. The van der Waals surface area contributed by atoms with E-state index >= 15 is 0 Å². The Labute approximate surface area is 132 Å². The smallest absolute Gasteiger partial charge is 0.322 e. The lowest BCUT2D eigenvalue weighted by atomic mass is 10.4. The van der Waals surface area contributed by atoms with Gasteiger partial charge in [-0.1, -0.05) is 0 Å². The third-order valence-corrected chi connectivity index (χ3v) is 2.58. The van der Waals surface area contributed by atoms with Crippen molar-refractivity contribution in [1.82, 2.24) is 9.97 Å². The molecule has 23 heavy (non-hydrogen) atoms. The van der Waals surface area contributed by atoms with Crippen LogP contribution in [0.1, 0.15) is 6.42 Å². The van der Waals surface area contributed by atoms with Crippen LogP contribution in [0.5, 0.6) is 23.3 Å². The molecule has 0 aliphatic rings. The van der Waals surface area contributed by atoms with Crippen molar-refractivity contribution in [2.75, 3.05) is 14.2 Å². The molecule has 0 atom stereocenters. The summed E-state index contributed by atoms with van der Waals surface area (Å²) in [7, 11) is 2.88. The number of ether oxygens (including phenoxy) is 4. The summed E-state index contributed by atoms with van der Waals surface area (Å²) in [5.41, 5.74) is 0. The first kappa shape index (κ1) is 16.2. The highest BCUT2D eigenvalue weighted by molar-refractivity contribution is 5.93. The van der Waals surface area contributed by atoms with E-state index in [1.165, 1.54) is 50.9 Å². The molecule has 0 bridgehead atoms. The van der Waals surface area contributed by atoms with Crippen molar-refractivity contribution in [2.24, 2.45) is 0 Å². The Balaban J connectivity index is 1.90. The monoisotopic (exact) mass is 318 g/mol. The number of carbonyl (C=O) groups excluding carboxylic acids is 2. The van der Waals surface area contributed by atoms with Gasteiger partial charge >= 0.3 is 11.9 Å². The molecular formula is C15H14N2O6. The van der Waals surface area contributed by atoms with Gasteiger partial charge in [0.15, 0.2) is 0 Å². The second kappa shape index (κ2) is 7.74. The quantitative estimate of drug-likeness (QED) is 0.582. The van der Waals surface area contributed by atoms with E-state index in [-0.39, 0.29) is 11.5 Å². The molecule has 120 valence electrons. The highest BCUT2D eigenvalue weighted by atomic mass is 16.6. The molecular weight excluding hydrogens is 304 g/mol. The number of hydrogen-bond acceptors (Lipinski definition) is 8. The van der Waals surface area contributed by atoms with Gasteiger partial charge in [-0.15, -0.1) is 0 Å². The van der Waals surface area contributed by atoms with E-state index in [1.54, 1.807) is 0 Å². The van der Waals surface area contributed by atoms with Crippen LogP contribution in [-0.4, -0.2) is 36.1 Å². The first-order valence-electron chi connectivity index (χ1n) is 6.52. The van der Waals surface area contributed by atoms with Crippen LogP contribution in [0.2, 0.25) is 0 Å². The van der Waals surface area contributed by atoms with E-state index in [9.17, 15) is 9.59 Å². The average molecular weight is 318 g/mol. The van der Waals surface area contributed by atoms with Crippen LogP contribution in [0, 0.1) is 0 Å². The Morgan fingerprint density at radius 3 is 1.70 bits per heavy atom. The van der Waals surface area contributed by atoms with E-state index in [1.807, 2.05) is 0 Å². The summed E-state index contributed by atoms with van der Waals surface area (Å²) >= 11 is 0. The van der Waals surface area contributed by atoms with Crippen molar-refractivity contribution in [3.05, 3.63) is 36.7 Å². The largest absolute Gasteiger partial charge is 0.481 e. The Bertz CT molecular complexity index is 644. The van der Waals surface area contributed by atoms with Crippen molar-refractivity contribution < 1.29 is 28.5 Å². The van der Waals surface area contributed by atoms with Crippen LogP contribution in [0.4, 0.5) is 0 Å². The van der Waals surface area contributed by atoms with Gasteiger partial charge in [-0.05, 0) is 12.1 Å². The molecule has 0 radical (unpaired) electrons. The second-order valence-electron chi connectivity index (χ2n) is 4.19. The summed E-state index contributed by atoms with van der Waals surface area (Å²) in [6, 6.07) is 5.80. The number of methoxy groups -OCH3 is 2. The SMILES string of the molecule is COc1cc(OC(=O)CC(=O)Oc2ccnc(OC)c2)ccn1. The zero-order chi connectivity index (χ0) is 16.7. The van der Waals surface area contributed by atoms with E-state index in [0.29, 0.717) is 11.8 Å². The Morgan fingerprint density at radius 1 is 0.870 bits per heavy atom. The van der Waals surface area contributed by atoms with E-state index in [2.05, 4.69) is 9.97 Å². The first-order chi connectivity index (χ1) is 11.1. The number of pyridine rings is 2. The van der Waals surface area contributed by atoms with Gasteiger partial charge < -0.3 is 18.9 Å². The molecule has 2 aromatic rings. The van der Waals surface area contributed by atoms with Gasteiger partial charge in [-0.25, -0.2) is 9.97 Å². The number of aromatic nitrogens is 2. The standard InChI is InChI=1S/C15H14N2O6/c1-20-12-7-10(3-5-16-12)22-14(18)9-15(19)23-11-4-6-17-13(8-11)21-2/h3-8H,9H2,1-2H3. The first-order valence-corrected chi connectivity index (χ1v) is 6.52. The fourth-order valence-electron chi connectivity index (χ4n) is 1.59. The summed E-state index contributed by atoms with van der Waals surface area (Å²) < 4.78 is 19.8. The maximum atomic E-state index is 11.7. The summed E-state index contributed by atoms with van der Waals surface area (Å²) in [4.78, 5) is 31.2. The van der Waals surface area contributed by atoms with Crippen LogP contribution in [0.25, 0.3) is 0 Å². The molecule has 0 aromatic carbocycles. The minimum absolute atomic E-state index is 0.222. The number of carbonyl (C=O) groups is 2. The lowest BCUT2D eigenvalue weighted by Gasteiger charge is -2.06. The Morgan fingerprint density at radius 2 is 1.30 bits per heavy atom. The Kier molecular flexibility index (Phi) is 5.45. The normalized spacial score (nSPS) is 9.83. The summed E-state index contributed by atoms with van der Waals surface area (Å²) in [5.74, 6) is -0.488. The maximum absolute atomic E-state index is 11.7. The predicted molar refractivity (Wildman–Crippen MR) is 77.5 cm³/mol. The van der Waals surface area contributed by atoms with Crippen LogP contribution in [-0.2, 0) is 9.59 Å². The molecule has 0 spiro atoms. The van der Waals surface area contributed by atoms with Crippen molar-refractivity contribution in [3.8, 4) is 23.3 Å². The number of nitrogens with zero attached hydrogens (tertiary/aromatic N) is 2. The van der Waals surface area contributed by atoms with Crippen molar-refractivity contribution in [2.45, 2.75) is 6.42 Å². The van der Waals surface area contributed by atoms with Crippen molar-refractivity contribution in [3.63, 3.8) is 0 Å². The molecule has 0 fully saturated rings. The van der Waals surface area contributed by atoms with Gasteiger partial charge in [0.25, 0.3) is 0 Å².